The molecule has 0 radical (unpaired) electrons. The highest BCUT2D eigenvalue weighted by molar-refractivity contribution is 5.83. The largest absolute Gasteiger partial charge is 0.469 e. The lowest BCUT2D eigenvalue weighted by Crippen LogP contribution is -2.25. The monoisotopic (exact) mass is 304 g/mol. The highest BCUT2D eigenvalue weighted by Crippen LogP contribution is 2.49. The van der Waals surface area contributed by atoms with Gasteiger partial charge in [0.15, 0.2) is 5.43 Å². The van der Waals surface area contributed by atoms with Gasteiger partial charge in [-0.1, -0.05) is 18.2 Å². The molecule has 1 aromatic carbocycles. The van der Waals surface area contributed by atoms with E-state index in [4.69, 9.17) is 8.83 Å². The Morgan fingerprint density at radius 2 is 1.96 bits per heavy atom. The second-order valence-corrected chi connectivity index (χ2v) is 6.39. The quantitative estimate of drug-likeness (QED) is 0.664. The van der Waals surface area contributed by atoms with Gasteiger partial charge in [0, 0.05) is 12.3 Å². The van der Waals surface area contributed by atoms with E-state index < -0.39 is 0 Å². The number of para-hydroxylation sites is 1. The molecule has 3 aromatic rings. The van der Waals surface area contributed by atoms with Crippen molar-refractivity contribution in [3.63, 3.8) is 0 Å². The molecule has 0 saturated heterocycles. The summed E-state index contributed by atoms with van der Waals surface area (Å²) in [5.74, 6) is 2.41. The maximum absolute atomic E-state index is 13.0. The summed E-state index contributed by atoms with van der Waals surface area (Å²) in [6, 6.07) is 11.5. The summed E-state index contributed by atoms with van der Waals surface area (Å²) < 4.78 is 11.8. The normalized spacial score (nSPS) is 22.7. The van der Waals surface area contributed by atoms with E-state index in [0.29, 0.717) is 16.9 Å². The maximum Gasteiger partial charge on any atom is 0.200 e. The highest BCUT2D eigenvalue weighted by atomic mass is 16.3. The van der Waals surface area contributed by atoms with Crippen molar-refractivity contribution in [3.8, 4) is 0 Å². The third kappa shape index (κ3) is 1.79. The summed E-state index contributed by atoms with van der Waals surface area (Å²) >= 11 is 0. The van der Waals surface area contributed by atoms with E-state index in [1.165, 1.54) is 0 Å². The molecular weight excluding hydrogens is 288 g/mol. The Hall–Kier alpha value is -2.55. The zero-order chi connectivity index (χ0) is 15.4. The first-order chi connectivity index (χ1) is 11.3. The summed E-state index contributed by atoms with van der Waals surface area (Å²) in [5.41, 5.74) is 2.74. The average molecular weight is 304 g/mol. The van der Waals surface area contributed by atoms with Crippen LogP contribution in [0.1, 0.15) is 35.8 Å². The molecule has 114 valence electrons. The molecule has 2 heterocycles. The molecule has 2 aliphatic carbocycles. The standard InChI is InChI=1S/C20H16O3/c21-20-14-5-1-2-8-17(14)23-18-11-15(16-9-4-10-22-16)12-6-3-7-13(12)19(18)20/h1-2,4-5,7-10,12,15H,3,6,11H2/t12-,15-/m0/s1. The van der Waals surface area contributed by atoms with E-state index in [9.17, 15) is 4.79 Å². The van der Waals surface area contributed by atoms with Crippen LogP contribution in [0.4, 0.5) is 0 Å². The van der Waals surface area contributed by atoms with Gasteiger partial charge in [0.05, 0.1) is 17.2 Å². The fourth-order valence-corrected chi connectivity index (χ4v) is 4.20. The molecule has 0 amide bonds. The van der Waals surface area contributed by atoms with Crippen LogP contribution < -0.4 is 5.43 Å². The van der Waals surface area contributed by atoms with Crippen molar-refractivity contribution in [1.82, 2.24) is 0 Å². The number of furan rings is 1. The molecule has 3 heteroatoms. The van der Waals surface area contributed by atoms with Gasteiger partial charge in [-0.15, -0.1) is 0 Å². The molecule has 0 unspecified atom stereocenters. The third-order valence-electron chi connectivity index (χ3n) is 5.20. The minimum absolute atomic E-state index is 0.109. The maximum atomic E-state index is 13.0. The lowest BCUT2D eigenvalue weighted by atomic mass is 9.74. The fraction of sp³-hybridized carbons (Fsp3) is 0.250. The Kier molecular flexibility index (Phi) is 2.66. The van der Waals surface area contributed by atoms with Gasteiger partial charge in [-0.2, -0.15) is 0 Å². The van der Waals surface area contributed by atoms with Crippen molar-refractivity contribution in [3.05, 3.63) is 76.0 Å². The summed E-state index contributed by atoms with van der Waals surface area (Å²) in [6.07, 6.45) is 6.75. The van der Waals surface area contributed by atoms with E-state index in [-0.39, 0.29) is 11.3 Å². The predicted octanol–water partition coefficient (Wildman–Crippen LogP) is 4.52. The topological polar surface area (TPSA) is 43.4 Å². The van der Waals surface area contributed by atoms with Crippen molar-refractivity contribution in [2.75, 3.05) is 0 Å². The zero-order valence-electron chi connectivity index (χ0n) is 12.6. The number of allylic oxidation sites excluding steroid dienone is 2. The van der Waals surface area contributed by atoms with E-state index in [1.54, 1.807) is 6.26 Å². The molecule has 0 bridgehead atoms. The Labute approximate surface area is 133 Å². The van der Waals surface area contributed by atoms with Crippen LogP contribution in [0.5, 0.6) is 0 Å². The van der Waals surface area contributed by atoms with E-state index in [2.05, 4.69) is 6.08 Å². The van der Waals surface area contributed by atoms with E-state index in [0.717, 1.165) is 41.9 Å². The minimum Gasteiger partial charge on any atom is -0.469 e. The second-order valence-electron chi connectivity index (χ2n) is 6.39. The molecule has 0 saturated carbocycles. The molecule has 2 aliphatic rings. The van der Waals surface area contributed by atoms with Crippen LogP contribution in [0.2, 0.25) is 0 Å². The van der Waals surface area contributed by atoms with Gasteiger partial charge >= 0.3 is 0 Å². The van der Waals surface area contributed by atoms with Gasteiger partial charge in [-0.25, -0.2) is 0 Å². The van der Waals surface area contributed by atoms with Crippen molar-refractivity contribution < 1.29 is 8.83 Å². The SMILES string of the molecule is O=c1c2c(oc3ccccc13)C[C@H](c1ccco1)[C@H]1CCC=C21. The first-order valence-electron chi connectivity index (χ1n) is 8.11. The van der Waals surface area contributed by atoms with E-state index >= 15 is 0 Å². The predicted molar refractivity (Wildman–Crippen MR) is 88.3 cm³/mol. The van der Waals surface area contributed by atoms with Gasteiger partial charge < -0.3 is 8.83 Å². The molecule has 0 N–H and O–H groups in total. The van der Waals surface area contributed by atoms with Gasteiger partial charge in [0.25, 0.3) is 0 Å². The second kappa shape index (κ2) is 4.72. The number of rotatable bonds is 1. The number of hydrogen-bond acceptors (Lipinski definition) is 3. The van der Waals surface area contributed by atoms with Crippen molar-refractivity contribution >= 4 is 16.5 Å². The van der Waals surface area contributed by atoms with Crippen molar-refractivity contribution in [1.29, 1.82) is 0 Å². The zero-order valence-corrected chi connectivity index (χ0v) is 12.6. The summed E-state index contributed by atoms with van der Waals surface area (Å²) in [4.78, 5) is 13.0. The Morgan fingerprint density at radius 3 is 2.83 bits per heavy atom. The van der Waals surface area contributed by atoms with Crippen molar-refractivity contribution in [2.45, 2.75) is 25.2 Å². The first kappa shape index (κ1) is 12.9. The smallest absolute Gasteiger partial charge is 0.200 e. The van der Waals surface area contributed by atoms with Crippen molar-refractivity contribution in [2.24, 2.45) is 5.92 Å². The van der Waals surface area contributed by atoms with Crippen LogP contribution in [-0.2, 0) is 6.42 Å². The van der Waals surface area contributed by atoms with Gasteiger partial charge in [0.1, 0.15) is 17.1 Å². The van der Waals surface area contributed by atoms with Gasteiger partial charge in [0.2, 0.25) is 0 Å². The molecule has 2 atom stereocenters. The number of fused-ring (bicyclic) bond motifs is 4. The van der Waals surface area contributed by atoms with Crippen LogP contribution in [0.25, 0.3) is 16.5 Å². The molecule has 3 nitrogen and oxygen atoms in total. The first-order valence-corrected chi connectivity index (χ1v) is 8.11. The van der Waals surface area contributed by atoms with Crippen LogP contribution in [0, 0.1) is 5.92 Å². The molecule has 0 aliphatic heterocycles. The number of benzene rings is 1. The average Bonchev–Trinajstić information content (AvgIpc) is 3.26. The van der Waals surface area contributed by atoms with Gasteiger partial charge in [-0.3, -0.25) is 4.79 Å². The summed E-state index contributed by atoms with van der Waals surface area (Å²) in [7, 11) is 0. The molecule has 0 fully saturated rings. The lowest BCUT2D eigenvalue weighted by Gasteiger charge is -2.30. The molecular formula is C20H16O3. The van der Waals surface area contributed by atoms with Crippen LogP contribution in [0.3, 0.4) is 0 Å². The van der Waals surface area contributed by atoms with Crippen LogP contribution in [0.15, 0.2) is 62.4 Å². The fourth-order valence-electron chi connectivity index (χ4n) is 4.20. The lowest BCUT2D eigenvalue weighted by molar-refractivity contribution is 0.367. The van der Waals surface area contributed by atoms with Crippen LogP contribution >= 0.6 is 0 Å². The van der Waals surface area contributed by atoms with Crippen LogP contribution in [-0.4, -0.2) is 0 Å². The van der Waals surface area contributed by atoms with E-state index in [1.807, 2.05) is 36.4 Å². The van der Waals surface area contributed by atoms with Gasteiger partial charge in [-0.05, 0) is 48.6 Å². The molecule has 2 aromatic heterocycles. The highest BCUT2D eigenvalue weighted by Gasteiger charge is 2.39. The molecule has 23 heavy (non-hydrogen) atoms. The third-order valence-corrected chi connectivity index (χ3v) is 5.20. The Morgan fingerprint density at radius 1 is 1.04 bits per heavy atom. The Balaban J connectivity index is 1.77. The number of hydrogen-bond donors (Lipinski definition) is 0. The summed E-state index contributed by atoms with van der Waals surface area (Å²) in [6.45, 7) is 0. The summed E-state index contributed by atoms with van der Waals surface area (Å²) in [5, 5.41) is 0.675. The molecule has 5 rings (SSSR count). The Bertz CT molecular complexity index is 976. The molecule has 0 spiro atoms. The minimum atomic E-state index is 0.109.